The minimum atomic E-state index is -0.133. The number of carbonyl (C=O) groups is 1. The van der Waals surface area contributed by atoms with Gasteiger partial charge in [-0.15, -0.1) is 0 Å². The van der Waals surface area contributed by atoms with Crippen LogP contribution in [-0.2, 0) is 17.8 Å². The van der Waals surface area contributed by atoms with Crippen molar-refractivity contribution in [3.63, 3.8) is 0 Å². The molecule has 1 heterocycles. The molecule has 1 aromatic heterocycles. The molecule has 1 N–H and O–H groups in total. The molecule has 124 valence electrons. The van der Waals surface area contributed by atoms with E-state index < -0.39 is 0 Å². The summed E-state index contributed by atoms with van der Waals surface area (Å²) in [6, 6.07) is 7.81. The second-order valence-corrected chi connectivity index (χ2v) is 5.42. The fraction of sp³-hybridized carbons (Fsp3) is 0.471. The van der Waals surface area contributed by atoms with E-state index in [1.165, 1.54) is 11.9 Å². The zero-order valence-electron chi connectivity index (χ0n) is 14.0. The summed E-state index contributed by atoms with van der Waals surface area (Å²) in [5, 5.41) is 7.10. The Bertz CT molecular complexity index is 622. The molecule has 0 aliphatic rings. The van der Waals surface area contributed by atoms with Crippen LogP contribution in [-0.4, -0.2) is 27.8 Å². The van der Waals surface area contributed by atoms with Crippen molar-refractivity contribution in [1.29, 1.82) is 0 Å². The Labute approximate surface area is 136 Å². The SMILES string of the molecule is CCn1ncnc1C(C)NC(=O)CCCc1ccc(OC)cc1. The van der Waals surface area contributed by atoms with Gasteiger partial charge >= 0.3 is 0 Å². The second kappa shape index (κ2) is 8.31. The molecule has 0 aliphatic carbocycles. The fourth-order valence-corrected chi connectivity index (χ4v) is 2.48. The van der Waals surface area contributed by atoms with E-state index in [0.717, 1.165) is 31.0 Å². The summed E-state index contributed by atoms with van der Waals surface area (Å²) in [6.45, 7) is 4.67. The van der Waals surface area contributed by atoms with E-state index in [2.05, 4.69) is 15.4 Å². The molecule has 1 amide bonds. The summed E-state index contributed by atoms with van der Waals surface area (Å²) in [6.07, 6.45) is 3.70. The van der Waals surface area contributed by atoms with Crippen LogP contribution in [0.3, 0.4) is 0 Å². The average molecular weight is 316 g/mol. The molecule has 1 unspecified atom stereocenters. The Kier molecular flexibility index (Phi) is 6.14. The van der Waals surface area contributed by atoms with Gasteiger partial charge in [-0.25, -0.2) is 9.67 Å². The molecule has 1 atom stereocenters. The number of rotatable bonds is 8. The molecule has 1 aromatic carbocycles. The van der Waals surface area contributed by atoms with Crippen molar-refractivity contribution in [3.05, 3.63) is 42.0 Å². The number of ether oxygens (including phenoxy) is 1. The van der Waals surface area contributed by atoms with Gasteiger partial charge < -0.3 is 10.1 Å². The molecular formula is C17H24N4O2. The smallest absolute Gasteiger partial charge is 0.220 e. The van der Waals surface area contributed by atoms with E-state index in [9.17, 15) is 4.79 Å². The number of hydrogen-bond acceptors (Lipinski definition) is 4. The van der Waals surface area contributed by atoms with Crippen LogP contribution in [0, 0.1) is 0 Å². The van der Waals surface area contributed by atoms with Gasteiger partial charge in [-0.3, -0.25) is 4.79 Å². The largest absolute Gasteiger partial charge is 0.497 e. The van der Waals surface area contributed by atoms with Gasteiger partial charge in [0.15, 0.2) is 0 Å². The fourth-order valence-electron chi connectivity index (χ4n) is 2.48. The lowest BCUT2D eigenvalue weighted by Gasteiger charge is -2.14. The average Bonchev–Trinajstić information content (AvgIpc) is 3.04. The zero-order valence-corrected chi connectivity index (χ0v) is 14.0. The van der Waals surface area contributed by atoms with Gasteiger partial charge in [-0.1, -0.05) is 12.1 Å². The molecule has 23 heavy (non-hydrogen) atoms. The number of benzene rings is 1. The van der Waals surface area contributed by atoms with Crippen molar-refractivity contribution in [3.8, 4) is 5.75 Å². The summed E-state index contributed by atoms with van der Waals surface area (Å²) < 4.78 is 6.93. The van der Waals surface area contributed by atoms with Crippen LogP contribution in [0.4, 0.5) is 0 Å². The Hall–Kier alpha value is -2.37. The molecule has 0 bridgehead atoms. The molecule has 0 aliphatic heterocycles. The summed E-state index contributed by atoms with van der Waals surface area (Å²) in [5.41, 5.74) is 1.21. The van der Waals surface area contributed by atoms with Crippen molar-refractivity contribution >= 4 is 5.91 Å². The molecule has 0 saturated heterocycles. The van der Waals surface area contributed by atoms with E-state index in [4.69, 9.17) is 4.74 Å². The van der Waals surface area contributed by atoms with Crippen LogP contribution in [0.5, 0.6) is 5.75 Å². The van der Waals surface area contributed by atoms with Gasteiger partial charge in [-0.2, -0.15) is 5.10 Å². The highest BCUT2D eigenvalue weighted by molar-refractivity contribution is 5.76. The van der Waals surface area contributed by atoms with E-state index in [-0.39, 0.29) is 11.9 Å². The highest BCUT2D eigenvalue weighted by Gasteiger charge is 2.14. The van der Waals surface area contributed by atoms with Gasteiger partial charge in [0.2, 0.25) is 5.91 Å². The van der Waals surface area contributed by atoms with Gasteiger partial charge in [-0.05, 0) is 44.4 Å². The van der Waals surface area contributed by atoms with Crippen LogP contribution in [0.1, 0.15) is 44.1 Å². The lowest BCUT2D eigenvalue weighted by molar-refractivity contribution is -0.121. The molecule has 0 spiro atoms. The van der Waals surface area contributed by atoms with Crippen molar-refractivity contribution < 1.29 is 9.53 Å². The topological polar surface area (TPSA) is 69.0 Å². The standard InChI is InChI=1S/C17H24N4O2/c1-4-21-17(18-12-19-21)13(2)20-16(22)7-5-6-14-8-10-15(23-3)11-9-14/h8-13H,4-7H2,1-3H3,(H,20,22). The first kappa shape index (κ1) is 17.0. The van der Waals surface area contributed by atoms with Gasteiger partial charge in [0.1, 0.15) is 17.9 Å². The van der Waals surface area contributed by atoms with Crippen LogP contribution >= 0.6 is 0 Å². The minimum absolute atomic E-state index is 0.0386. The first-order valence-corrected chi connectivity index (χ1v) is 7.94. The summed E-state index contributed by atoms with van der Waals surface area (Å²) in [7, 11) is 1.65. The summed E-state index contributed by atoms with van der Waals surface area (Å²) in [5.74, 6) is 1.67. The third kappa shape index (κ3) is 4.81. The number of hydrogen-bond donors (Lipinski definition) is 1. The van der Waals surface area contributed by atoms with Crippen LogP contribution in [0.2, 0.25) is 0 Å². The second-order valence-electron chi connectivity index (χ2n) is 5.42. The first-order chi connectivity index (χ1) is 11.1. The van der Waals surface area contributed by atoms with E-state index >= 15 is 0 Å². The number of nitrogens with zero attached hydrogens (tertiary/aromatic N) is 3. The minimum Gasteiger partial charge on any atom is -0.497 e. The Morgan fingerprint density at radius 2 is 2.09 bits per heavy atom. The number of carbonyl (C=O) groups excluding carboxylic acids is 1. The lowest BCUT2D eigenvalue weighted by Crippen LogP contribution is -2.28. The van der Waals surface area contributed by atoms with Gasteiger partial charge in [0, 0.05) is 13.0 Å². The number of methoxy groups -OCH3 is 1. The third-order valence-electron chi connectivity index (χ3n) is 3.74. The summed E-state index contributed by atoms with van der Waals surface area (Å²) in [4.78, 5) is 16.3. The van der Waals surface area contributed by atoms with E-state index in [0.29, 0.717) is 6.42 Å². The predicted molar refractivity (Wildman–Crippen MR) is 88.2 cm³/mol. The summed E-state index contributed by atoms with van der Waals surface area (Å²) >= 11 is 0. The van der Waals surface area contributed by atoms with Gasteiger partial charge in [0.05, 0.1) is 13.2 Å². The third-order valence-corrected chi connectivity index (χ3v) is 3.74. The molecular weight excluding hydrogens is 292 g/mol. The molecule has 0 fully saturated rings. The molecule has 2 rings (SSSR count). The van der Waals surface area contributed by atoms with E-state index in [1.807, 2.05) is 38.1 Å². The molecule has 6 heteroatoms. The molecule has 2 aromatic rings. The monoisotopic (exact) mass is 316 g/mol. The quantitative estimate of drug-likeness (QED) is 0.812. The molecule has 6 nitrogen and oxygen atoms in total. The molecule has 0 radical (unpaired) electrons. The number of aryl methyl sites for hydroxylation is 2. The maximum absolute atomic E-state index is 12.1. The van der Waals surface area contributed by atoms with Crippen molar-refractivity contribution in [1.82, 2.24) is 20.1 Å². The first-order valence-electron chi connectivity index (χ1n) is 7.94. The van der Waals surface area contributed by atoms with Crippen molar-refractivity contribution in [2.45, 2.75) is 45.7 Å². The van der Waals surface area contributed by atoms with Crippen LogP contribution in [0.25, 0.3) is 0 Å². The van der Waals surface area contributed by atoms with Crippen molar-refractivity contribution in [2.75, 3.05) is 7.11 Å². The highest BCUT2D eigenvalue weighted by Crippen LogP contribution is 2.14. The zero-order chi connectivity index (χ0) is 16.7. The van der Waals surface area contributed by atoms with Crippen LogP contribution in [0.15, 0.2) is 30.6 Å². The number of aromatic nitrogens is 3. The Balaban J connectivity index is 1.76. The lowest BCUT2D eigenvalue weighted by atomic mass is 10.1. The van der Waals surface area contributed by atoms with Gasteiger partial charge in [0.25, 0.3) is 0 Å². The maximum Gasteiger partial charge on any atom is 0.220 e. The highest BCUT2D eigenvalue weighted by atomic mass is 16.5. The predicted octanol–water partition coefficient (Wildman–Crippen LogP) is 2.51. The Morgan fingerprint density at radius 1 is 1.35 bits per heavy atom. The maximum atomic E-state index is 12.1. The normalized spacial score (nSPS) is 12.0. The number of amides is 1. The Morgan fingerprint density at radius 3 is 2.74 bits per heavy atom. The van der Waals surface area contributed by atoms with E-state index in [1.54, 1.807) is 11.8 Å². The number of nitrogens with one attached hydrogen (secondary N) is 1. The van der Waals surface area contributed by atoms with Crippen molar-refractivity contribution in [2.24, 2.45) is 0 Å². The molecule has 0 saturated carbocycles. The van der Waals surface area contributed by atoms with Crippen LogP contribution < -0.4 is 10.1 Å².